The van der Waals surface area contributed by atoms with Crippen LogP contribution in [0.15, 0.2) is 87.5 Å². The van der Waals surface area contributed by atoms with Gasteiger partial charge in [0.25, 0.3) is 11.1 Å². The molecule has 198 valence electrons. The Morgan fingerprint density at radius 1 is 1.05 bits per heavy atom. The van der Waals surface area contributed by atoms with Crippen molar-refractivity contribution in [1.82, 2.24) is 25.0 Å². The van der Waals surface area contributed by atoms with Crippen LogP contribution in [0, 0.1) is 5.82 Å². The molecule has 0 atom stereocenters. The van der Waals surface area contributed by atoms with E-state index in [-0.39, 0.29) is 35.2 Å². The van der Waals surface area contributed by atoms with Gasteiger partial charge in [0, 0.05) is 18.7 Å². The van der Waals surface area contributed by atoms with Crippen molar-refractivity contribution >= 4 is 46.7 Å². The molecule has 12 heteroatoms. The van der Waals surface area contributed by atoms with Crippen molar-refractivity contribution in [1.29, 1.82) is 0 Å². The second-order valence-electron chi connectivity index (χ2n) is 8.35. The number of nitrogens with zero attached hydrogens (tertiary/aromatic N) is 4. The minimum absolute atomic E-state index is 0.00250. The zero-order chi connectivity index (χ0) is 27.2. The predicted molar refractivity (Wildman–Crippen MR) is 146 cm³/mol. The van der Waals surface area contributed by atoms with Gasteiger partial charge in [0.15, 0.2) is 10.9 Å². The molecule has 1 aliphatic heterocycles. The number of hydrogen-bond acceptors (Lipinski definition) is 8. The molecule has 4 aromatic rings. The number of thioether (sulfide) groups is 2. The first kappa shape index (κ1) is 26.4. The minimum atomic E-state index is -0.517. The number of nitrogens with one attached hydrogen (secondary N) is 1. The third-order valence-electron chi connectivity index (χ3n) is 5.70. The van der Waals surface area contributed by atoms with Crippen molar-refractivity contribution in [2.24, 2.45) is 0 Å². The maximum atomic E-state index is 13.9. The molecule has 0 bridgehead atoms. The highest BCUT2D eigenvalue weighted by Crippen LogP contribution is 2.32. The summed E-state index contributed by atoms with van der Waals surface area (Å²) in [5.74, 6) is -0.116. The Labute approximate surface area is 231 Å². The van der Waals surface area contributed by atoms with Gasteiger partial charge in [-0.25, -0.2) is 4.39 Å². The van der Waals surface area contributed by atoms with Crippen molar-refractivity contribution in [3.63, 3.8) is 0 Å². The fourth-order valence-corrected chi connectivity index (χ4v) is 5.43. The van der Waals surface area contributed by atoms with Gasteiger partial charge in [-0.2, -0.15) is 0 Å². The number of halogens is 1. The number of hydrogen-bond donors (Lipinski definition) is 1. The predicted octanol–water partition coefficient (Wildman–Crippen LogP) is 4.67. The first-order valence-electron chi connectivity index (χ1n) is 11.9. The maximum absolute atomic E-state index is 13.9. The molecule has 1 N–H and O–H groups in total. The number of carbonyl (C=O) groups excluding carboxylic acids is 3. The smallest absolute Gasteiger partial charge is 0.293 e. The van der Waals surface area contributed by atoms with E-state index < -0.39 is 17.0 Å². The number of furan rings is 1. The van der Waals surface area contributed by atoms with Crippen molar-refractivity contribution in [2.75, 3.05) is 18.8 Å². The van der Waals surface area contributed by atoms with Crippen molar-refractivity contribution < 1.29 is 23.2 Å². The highest BCUT2D eigenvalue weighted by molar-refractivity contribution is 8.18. The van der Waals surface area contributed by atoms with E-state index in [0.29, 0.717) is 23.3 Å². The molecule has 3 heterocycles. The number of imide groups is 1. The molecular weight excluding hydrogens is 541 g/mol. The van der Waals surface area contributed by atoms with Crippen LogP contribution >= 0.6 is 23.5 Å². The number of aromatic nitrogens is 3. The minimum Gasteiger partial charge on any atom is -0.461 e. The SMILES string of the molecule is O=C(CSc1nnc(-c2ccco2)n1Cc1ccccc1)NCCN1C(=O)SC(=Cc2ccccc2F)C1=O. The molecule has 1 saturated heterocycles. The molecule has 1 aliphatic rings. The Morgan fingerprint density at radius 3 is 2.62 bits per heavy atom. The zero-order valence-electron chi connectivity index (χ0n) is 20.5. The van der Waals surface area contributed by atoms with Crippen molar-refractivity contribution in [2.45, 2.75) is 11.7 Å². The van der Waals surface area contributed by atoms with Gasteiger partial charge in [0.2, 0.25) is 11.7 Å². The molecule has 5 rings (SSSR count). The molecule has 0 spiro atoms. The highest BCUT2D eigenvalue weighted by atomic mass is 32.2. The lowest BCUT2D eigenvalue weighted by Crippen LogP contribution is -2.37. The molecule has 0 aliphatic carbocycles. The normalized spacial score (nSPS) is 14.4. The van der Waals surface area contributed by atoms with Gasteiger partial charge >= 0.3 is 0 Å². The second-order valence-corrected chi connectivity index (χ2v) is 10.3. The Balaban J connectivity index is 1.17. The van der Waals surface area contributed by atoms with Crippen LogP contribution in [0.5, 0.6) is 0 Å². The summed E-state index contributed by atoms with van der Waals surface area (Å²) in [4.78, 5) is 38.7. The lowest BCUT2D eigenvalue weighted by atomic mass is 10.2. The quantitative estimate of drug-likeness (QED) is 0.219. The largest absolute Gasteiger partial charge is 0.461 e. The van der Waals surface area contributed by atoms with Crippen LogP contribution < -0.4 is 5.32 Å². The molecule has 0 unspecified atom stereocenters. The molecular formula is C27H22FN5O4S2. The van der Waals surface area contributed by atoms with Gasteiger partial charge in [-0.05, 0) is 41.6 Å². The van der Waals surface area contributed by atoms with E-state index in [1.54, 1.807) is 30.5 Å². The van der Waals surface area contributed by atoms with Crippen LogP contribution in [0.2, 0.25) is 0 Å². The van der Waals surface area contributed by atoms with E-state index in [1.165, 1.54) is 30.0 Å². The zero-order valence-corrected chi connectivity index (χ0v) is 22.1. The van der Waals surface area contributed by atoms with E-state index >= 15 is 0 Å². The lowest BCUT2D eigenvalue weighted by molar-refractivity contribution is -0.123. The molecule has 39 heavy (non-hydrogen) atoms. The fourth-order valence-electron chi connectivity index (χ4n) is 3.81. The lowest BCUT2D eigenvalue weighted by Gasteiger charge is -2.13. The summed E-state index contributed by atoms with van der Waals surface area (Å²) >= 11 is 1.96. The van der Waals surface area contributed by atoms with Gasteiger partial charge < -0.3 is 9.73 Å². The Hall–Kier alpha value is -4.16. The summed E-state index contributed by atoms with van der Waals surface area (Å²) in [5.41, 5.74) is 1.27. The number of amides is 3. The van der Waals surface area contributed by atoms with Crippen LogP contribution in [0.25, 0.3) is 17.7 Å². The molecule has 9 nitrogen and oxygen atoms in total. The van der Waals surface area contributed by atoms with Gasteiger partial charge in [0.05, 0.1) is 23.5 Å². The van der Waals surface area contributed by atoms with E-state index in [2.05, 4.69) is 15.5 Å². The standard InChI is InChI=1S/C27H22FN5O4S2/c28-20-10-5-4-9-19(20)15-22-25(35)32(27(36)39-22)13-12-29-23(34)17-38-26-31-30-24(21-11-6-14-37-21)33(26)16-18-7-2-1-3-8-18/h1-11,14-15H,12-13,16-17H2,(H,29,34). The van der Waals surface area contributed by atoms with E-state index in [1.807, 2.05) is 34.9 Å². The maximum Gasteiger partial charge on any atom is 0.293 e. The highest BCUT2D eigenvalue weighted by Gasteiger charge is 2.34. The van der Waals surface area contributed by atoms with E-state index in [9.17, 15) is 18.8 Å². The third kappa shape index (κ3) is 6.29. The average molecular weight is 564 g/mol. The monoisotopic (exact) mass is 563 g/mol. The summed E-state index contributed by atoms with van der Waals surface area (Å²) in [6, 6.07) is 19.4. The van der Waals surface area contributed by atoms with Crippen LogP contribution in [0.4, 0.5) is 9.18 Å². The van der Waals surface area contributed by atoms with E-state index in [0.717, 1.165) is 22.2 Å². The molecule has 0 radical (unpaired) electrons. The first-order valence-corrected chi connectivity index (χ1v) is 13.7. The summed E-state index contributed by atoms with van der Waals surface area (Å²) in [5, 5.41) is 11.3. The Kier molecular flexibility index (Phi) is 8.23. The first-order chi connectivity index (χ1) is 19.0. The third-order valence-corrected chi connectivity index (χ3v) is 7.57. The summed E-state index contributed by atoms with van der Waals surface area (Å²) in [6.45, 7) is 0.578. The van der Waals surface area contributed by atoms with Gasteiger partial charge in [0.1, 0.15) is 5.82 Å². The molecule has 0 saturated carbocycles. The molecule has 2 aromatic carbocycles. The van der Waals surface area contributed by atoms with Crippen LogP contribution in [-0.4, -0.2) is 55.6 Å². The van der Waals surface area contributed by atoms with Crippen molar-refractivity contribution in [3.8, 4) is 11.6 Å². The second kappa shape index (κ2) is 12.1. The number of benzene rings is 2. The van der Waals surface area contributed by atoms with Gasteiger partial charge in [-0.15, -0.1) is 10.2 Å². The Bertz CT molecular complexity index is 1520. The number of rotatable bonds is 10. The van der Waals surface area contributed by atoms with Crippen LogP contribution in [0.3, 0.4) is 0 Å². The molecule has 1 fully saturated rings. The summed E-state index contributed by atoms with van der Waals surface area (Å²) in [6.07, 6.45) is 2.92. The van der Waals surface area contributed by atoms with Gasteiger partial charge in [-0.1, -0.05) is 60.3 Å². The van der Waals surface area contributed by atoms with E-state index in [4.69, 9.17) is 4.42 Å². The summed E-state index contributed by atoms with van der Waals surface area (Å²) < 4.78 is 21.3. The number of carbonyl (C=O) groups is 3. The molecule has 2 aromatic heterocycles. The Morgan fingerprint density at radius 2 is 1.85 bits per heavy atom. The van der Waals surface area contributed by atoms with Crippen molar-refractivity contribution in [3.05, 3.63) is 94.8 Å². The average Bonchev–Trinajstić information content (AvgIpc) is 3.66. The fraction of sp³-hybridized carbons (Fsp3) is 0.148. The van der Waals surface area contributed by atoms with Gasteiger partial charge in [-0.3, -0.25) is 23.9 Å². The van der Waals surface area contributed by atoms with Crippen LogP contribution in [-0.2, 0) is 16.1 Å². The topological polar surface area (TPSA) is 110 Å². The van der Waals surface area contributed by atoms with Crippen LogP contribution in [0.1, 0.15) is 11.1 Å². The molecule has 3 amide bonds. The summed E-state index contributed by atoms with van der Waals surface area (Å²) in [7, 11) is 0.